The van der Waals surface area contributed by atoms with Gasteiger partial charge in [0.15, 0.2) is 5.96 Å². The first-order valence-electron chi connectivity index (χ1n) is 5.87. The zero-order chi connectivity index (χ0) is 12.8. The van der Waals surface area contributed by atoms with E-state index in [4.69, 9.17) is 5.73 Å². The molecule has 0 amide bonds. The van der Waals surface area contributed by atoms with Crippen LogP contribution < -0.4 is 11.1 Å². The van der Waals surface area contributed by atoms with E-state index in [-0.39, 0.29) is 11.9 Å². The summed E-state index contributed by atoms with van der Waals surface area (Å²) in [5, 5.41) is 3.04. The van der Waals surface area contributed by atoms with Gasteiger partial charge < -0.3 is 11.1 Å². The molecule has 0 aromatic heterocycles. The van der Waals surface area contributed by atoms with Gasteiger partial charge in [-0.3, -0.25) is 4.99 Å². The van der Waals surface area contributed by atoms with E-state index in [0.717, 1.165) is 12.0 Å². The summed E-state index contributed by atoms with van der Waals surface area (Å²) in [5.41, 5.74) is 7.22. The van der Waals surface area contributed by atoms with Crippen molar-refractivity contribution in [2.45, 2.75) is 33.2 Å². The third-order valence-electron chi connectivity index (χ3n) is 2.57. The summed E-state index contributed by atoms with van der Waals surface area (Å²) in [7, 11) is 0. The zero-order valence-corrected chi connectivity index (χ0v) is 10.6. The van der Waals surface area contributed by atoms with Gasteiger partial charge in [0.05, 0.1) is 6.04 Å². The molecule has 3 N–H and O–H groups in total. The first-order chi connectivity index (χ1) is 8.04. The first-order valence-corrected chi connectivity index (χ1v) is 5.87. The zero-order valence-electron chi connectivity index (χ0n) is 10.6. The molecule has 0 radical (unpaired) electrons. The number of benzene rings is 1. The van der Waals surface area contributed by atoms with Crippen LogP contribution in [0.5, 0.6) is 0 Å². The van der Waals surface area contributed by atoms with Crippen molar-refractivity contribution in [2.24, 2.45) is 10.7 Å². The van der Waals surface area contributed by atoms with Crippen molar-refractivity contribution >= 4 is 5.96 Å². The maximum absolute atomic E-state index is 13.4. The van der Waals surface area contributed by atoms with Crippen LogP contribution in [0.2, 0.25) is 0 Å². The van der Waals surface area contributed by atoms with Crippen molar-refractivity contribution in [1.29, 1.82) is 0 Å². The molecule has 1 aromatic carbocycles. The number of nitrogens with one attached hydrogen (secondary N) is 1. The molecule has 0 heterocycles. The van der Waals surface area contributed by atoms with Crippen LogP contribution in [-0.4, -0.2) is 12.5 Å². The van der Waals surface area contributed by atoms with Gasteiger partial charge in [-0.25, -0.2) is 4.39 Å². The highest BCUT2D eigenvalue weighted by Crippen LogP contribution is 2.15. The molecule has 1 atom stereocenters. The Hall–Kier alpha value is -1.58. The van der Waals surface area contributed by atoms with E-state index >= 15 is 0 Å². The molecule has 0 saturated heterocycles. The first kappa shape index (κ1) is 13.5. The van der Waals surface area contributed by atoms with Crippen LogP contribution in [0.15, 0.2) is 23.2 Å². The Morgan fingerprint density at radius 2 is 2.24 bits per heavy atom. The van der Waals surface area contributed by atoms with E-state index in [2.05, 4.69) is 10.3 Å². The van der Waals surface area contributed by atoms with Crippen LogP contribution >= 0.6 is 0 Å². The van der Waals surface area contributed by atoms with Crippen molar-refractivity contribution in [3.63, 3.8) is 0 Å². The quantitative estimate of drug-likeness (QED) is 0.624. The topological polar surface area (TPSA) is 50.4 Å². The Morgan fingerprint density at radius 1 is 1.53 bits per heavy atom. The summed E-state index contributed by atoms with van der Waals surface area (Å²) in [6.07, 6.45) is 0.954. The molecule has 0 aliphatic carbocycles. The molecule has 17 heavy (non-hydrogen) atoms. The van der Waals surface area contributed by atoms with Crippen LogP contribution in [0.4, 0.5) is 4.39 Å². The van der Waals surface area contributed by atoms with Gasteiger partial charge in [0.25, 0.3) is 0 Å². The van der Waals surface area contributed by atoms with Crippen LogP contribution in [0, 0.1) is 12.7 Å². The number of rotatable bonds is 4. The smallest absolute Gasteiger partial charge is 0.189 e. The Kier molecular flexibility index (Phi) is 4.94. The lowest BCUT2D eigenvalue weighted by Gasteiger charge is -2.15. The van der Waals surface area contributed by atoms with E-state index in [9.17, 15) is 4.39 Å². The van der Waals surface area contributed by atoms with Gasteiger partial charge in [-0.1, -0.05) is 19.1 Å². The molecule has 0 bridgehead atoms. The summed E-state index contributed by atoms with van der Waals surface area (Å²) >= 11 is 0. The monoisotopic (exact) mass is 237 g/mol. The lowest BCUT2D eigenvalue weighted by Crippen LogP contribution is -2.34. The molecule has 4 heteroatoms. The number of nitrogens with zero attached hydrogens (tertiary/aromatic N) is 1. The average Bonchev–Trinajstić information content (AvgIpc) is 2.30. The fraction of sp³-hybridized carbons (Fsp3) is 0.462. The molecule has 3 nitrogen and oxygen atoms in total. The second kappa shape index (κ2) is 6.23. The van der Waals surface area contributed by atoms with Crippen molar-refractivity contribution in [1.82, 2.24) is 5.32 Å². The third-order valence-corrected chi connectivity index (χ3v) is 2.57. The number of nitrogens with two attached hydrogens (primary N) is 1. The Balaban J connectivity index is 2.69. The fourth-order valence-electron chi connectivity index (χ4n) is 1.46. The van der Waals surface area contributed by atoms with E-state index in [1.165, 1.54) is 6.07 Å². The van der Waals surface area contributed by atoms with Crippen LogP contribution in [0.25, 0.3) is 0 Å². The van der Waals surface area contributed by atoms with Crippen molar-refractivity contribution < 1.29 is 4.39 Å². The Morgan fingerprint density at radius 3 is 2.82 bits per heavy atom. The van der Waals surface area contributed by atoms with Gasteiger partial charge in [-0.05, 0) is 37.5 Å². The predicted molar refractivity (Wildman–Crippen MR) is 69.5 cm³/mol. The summed E-state index contributed by atoms with van der Waals surface area (Å²) < 4.78 is 13.4. The summed E-state index contributed by atoms with van der Waals surface area (Å²) in [6, 6.07) is 5.14. The summed E-state index contributed by atoms with van der Waals surface area (Å²) in [5.74, 6) is 0.209. The predicted octanol–water partition coefficient (Wildman–Crippen LogP) is 2.51. The van der Waals surface area contributed by atoms with Gasteiger partial charge in [0.1, 0.15) is 5.82 Å². The van der Waals surface area contributed by atoms with E-state index in [0.29, 0.717) is 18.1 Å². The molecule has 1 rings (SSSR count). The number of hydrogen-bond donors (Lipinski definition) is 2. The Labute approximate surface area is 102 Å². The summed E-state index contributed by atoms with van der Waals surface area (Å²) in [4.78, 5) is 4.14. The number of halogens is 1. The average molecular weight is 237 g/mol. The number of hydrogen-bond acceptors (Lipinski definition) is 1. The molecular weight excluding hydrogens is 217 g/mol. The normalized spacial score (nSPS) is 13.5. The molecule has 1 unspecified atom stereocenters. The highest BCUT2D eigenvalue weighted by atomic mass is 19.1. The largest absolute Gasteiger partial charge is 0.370 e. The molecule has 1 aromatic rings. The highest BCUT2D eigenvalue weighted by molar-refractivity contribution is 5.78. The van der Waals surface area contributed by atoms with E-state index in [1.807, 2.05) is 19.9 Å². The van der Waals surface area contributed by atoms with Crippen molar-refractivity contribution in [3.8, 4) is 0 Å². The molecule has 0 spiro atoms. The van der Waals surface area contributed by atoms with Crippen molar-refractivity contribution in [2.75, 3.05) is 6.54 Å². The molecular formula is C13H20FN3. The molecule has 0 fully saturated rings. The SMILES string of the molecule is CCCN=C(N)NC(C)c1ccc(C)c(F)c1. The standard InChI is InChI=1S/C13H20FN3/c1-4-7-16-13(15)17-10(3)11-6-5-9(2)12(14)8-11/h5-6,8,10H,4,7H2,1-3H3,(H3,15,16,17). The number of aryl methyl sites for hydroxylation is 1. The highest BCUT2D eigenvalue weighted by Gasteiger charge is 2.08. The lowest BCUT2D eigenvalue weighted by atomic mass is 10.1. The molecule has 0 saturated carbocycles. The minimum Gasteiger partial charge on any atom is -0.370 e. The second-order valence-electron chi connectivity index (χ2n) is 4.14. The van der Waals surface area contributed by atoms with Gasteiger partial charge in [-0.15, -0.1) is 0 Å². The van der Waals surface area contributed by atoms with E-state index < -0.39 is 0 Å². The van der Waals surface area contributed by atoms with Gasteiger partial charge in [0, 0.05) is 6.54 Å². The number of guanidine groups is 1. The van der Waals surface area contributed by atoms with Crippen LogP contribution in [0.3, 0.4) is 0 Å². The second-order valence-corrected chi connectivity index (χ2v) is 4.14. The molecule has 0 aliphatic heterocycles. The van der Waals surface area contributed by atoms with E-state index in [1.54, 1.807) is 13.0 Å². The molecule has 94 valence electrons. The van der Waals surface area contributed by atoms with Crippen molar-refractivity contribution in [3.05, 3.63) is 35.1 Å². The number of aliphatic imine (C=N–C) groups is 1. The van der Waals surface area contributed by atoms with Crippen LogP contribution in [-0.2, 0) is 0 Å². The summed E-state index contributed by atoms with van der Waals surface area (Å²) in [6.45, 7) is 6.41. The Bertz CT molecular complexity index is 402. The third kappa shape index (κ3) is 4.06. The van der Waals surface area contributed by atoms with Gasteiger partial charge in [0.2, 0.25) is 0 Å². The maximum atomic E-state index is 13.4. The molecule has 0 aliphatic rings. The lowest BCUT2D eigenvalue weighted by molar-refractivity contribution is 0.609. The maximum Gasteiger partial charge on any atom is 0.189 e. The fourth-order valence-corrected chi connectivity index (χ4v) is 1.46. The van der Waals surface area contributed by atoms with Crippen LogP contribution in [0.1, 0.15) is 37.4 Å². The minimum atomic E-state index is -0.194. The van der Waals surface area contributed by atoms with Gasteiger partial charge in [-0.2, -0.15) is 0 Å². The minimum absolute atomic E-state index is 0.0503. The van der Waals surface area contributed by atoms with Gasteiger partial charge >= 0.3 is 0 Å².